The van der Waals surface area contributed by atoms with Crippen LogP contribution in [0.3, 0.4) is 0 Å². The topological polar surface area (TPSA) is 107 Å². The summed E-state index contributed by atoms with van der Waals surface area (Å²) < 4.78 is 1.23. The fraction of sp³-hybridized carbons (Fsp3) is 0.222. The first-order valence-corrected chi connectivity index (χ1v) is 8.75. The van der Waals surface area contributed by atoms with Crippen LogP contribution in [0.25, 0.3) is 10.2 Å². The number of aromatic nitrogens is 2. The van der Waals surface area contributed by atoms with E-state index in [0.29, 0.717) is 26.3 Å². The number of anilines is 1. The molecule has 0 atom stereocenters. The maximum atomic E-state index is 12.7. The number of aryl methyl sites for hydroxylation is 3. The van der Waals surface area contributed by atoms with E-state index >= 15 is 0 Å². The van der Waals surface area contributed by atoms with Crippen LogP contribution in [-0.2, 0) is 11.3 Å². The summed E-state index contributed by atoms with van der Waals surface area (Å²) in [5.74, 6) is -0.922. The highest BCUT2D eigenvalue weighted by molar-refractivity contribution is 7.20. The number of rotatable bonds is 4. The minimum absolute atomic E-state index is 0.170. The van der Waals surface area contributed by atoms with Gasteiger partial charge in [-0.2, -0.15) is 0 Å². The molecule has 0 saturated carbocycles. The summed E-state index contributed by atoms with van der Waals surface area (Å²) in [6, 6.07) is 5.76. The normalized spacial score (nSPS) is 10.9. The number of nitrogens with two attached hydrogens (primary N) is 1. The minimum atomic E-state index is -0.593. The first-order chi connectivity index (χ1) is 12.3. The molecule has 0 unspecified atom stereocenters. The van der Waals surface area contributed by atoms with Crippen molar-refractivity contribution in [3.8, 4) is 0 Å². The van der Waals surface area contributed by atoms with Crippen LogP contribution in [0.1, 0.15) is 26.4 Å². The first kappa shape index (κ1) is 17.8. The van der Waals surface area contributed by atoms with E-state index < -0.39 is 5.91 Å². The summed E-state index contributed by atoms with van der Waals surface area (Å²) in [6.45, 7) is 5.32. The number of hydrogen-bond donors (Lipinski definition) is 2. The Bertz CT molecular complexity index is 1100. The number of benzene rings is 1. The van der Waals surface area contributed by atoms with Crippen molar-refractivity contribution < 1.29 is 9.59 Å². The largest absolute Gasteiger partial charge is 0.365 e. The number of primary amides is 1. The van der Waals surface area contributed by atoms with Gasteiger partial charge in [0.25, 0.3) is 11.5 Å². The summed E-state index contributed by atoms with van der Waals surface area (Å²) in [6.07, 6.45) is 1.31. The molecule has 0 aliphatic rings. The Morgan fingerprint density at radius 2 is 2.00 bits per heavy atom. The van der Waals surface area contributed by atoms with Crippen LogP contribution in [0.15, 0.2) is 29.3 Å². The number of amides is 2. The van der Waals surface area contributed by atoms with Gasteiger partial charge in [-0.25, -0.2) is 4.98 Å². The average molecular weight is 370 g/mol. The van der Waals surface area contributed by atoms with Gasteiger partial charge in [0.15, 0.2) is 0 Å². The molecule has 0 radical (unpaired) electrons. The third-order valence-electron chi connectivity index (χ3n) is 4.12. The maximum absolute atomic E-state index is 12.7. The Morgan fingerprint density at radius 3 is 2.69 bits per heavy atom. The zero-order valence-electron chi connectivity index (χ0n) is 14.6. The van der Waals surface area contributed by atoms with Crippen LogP contribution in [0.5, 0.6) is 0 Å². The lowest BCUT2D eigenvalue weighted by molar-refractivity contribution is -0.116. The lowest BCUT2D eigenvalue weighted by atomic mass is 10.1. The molecule has 2 aromatic heterocycles. The van der Waals surface area contributed by atoms with Crippen molar-refractivity contribution >= 4 is 39.1 Å². The third kappa shape index (κ3) is 3.23. The number of nitrogens with one attached hydrogen (secondary N) is 1. The highest BCUT2D eigenvalue weighted by Crippen LogP contribution is 2.26. The van der Waals surface area contributed by atoms with Gasteiger partial charge < -0.3 is 11.1 Å². The zero-order chi connectivity index (χ0) is 19.0. The minimum Gasteiger partial charge on any atom is -0.365 e. The van der Waals surface area contributed by atoms with Gasteiger partial charge in [-0.15, -0.1) is 11.3 Å². The number of carbonyl (C=O) groups is 2. The van der Waals surface area contributed by atoms with E-state index in [1.165, 1.54) is 10.9 Å². The summed E-state index contributed by atoms with van der Waals surface area (Å²) in [4.78, 5) is 41.4. The Hall–Kier alpha value is -3.00. The predicted molar refractivity (Wildman–Crippen MR) is 102 cm³/mol. The van der Waals surface area contributed by atoms with Crippen LogP contribution in [0.2, 0.25) is 0 Å². The highest BCUT2D eigenvalue weighted by Gasteiger charge is 2.18. The van der Waals surface area contributed by atoms with Gasteiger partial charge in [-0.3, -0.25) is 19.0 Å². The van der Waals surface area contributed by atoms with Gasteiger partial charge in [0.1, 0.15) is 11.4 Å². The number of thiophene rings is 1. The van der Waals surface area contributed by atoms with Crippen molar-refractivity contribution in [2.24, 2.45) is 5.73 Å². The molecule has 26 heavy (non-hydrogen) atoms. The fourth-order valence-electron chi connectivity index (χ4n) is 2.72. The summed E-state index contributed by atoms with van der Waals surface area (Å²) in [5.41, 5.74) is 8.13. The Kier molecular flexibility index (Phi) is 4.60. The smallest absolute Gasteiger partial charge is 0.262 e. The molecule has 134 valence electrons. The van der Waals surface area contributed by atoms with Crippen LogP contribution < -0.4 is 16.6 Å². The van der Waals surface area contributed by atoms with Crippen LogP contribution >= 0.6 is 11.3 Å². The van der Waals surface area contributed by atoms with Crippen molar-refractivity contribution in [1.29, 1.82) is 0 Å². The number of nitrogens with zero attached hydrogens (tertiary/aromatic N) is 2. The van der Waals surface area contributed by atoms with E-state index in [0.717, 1.165) is 22.5 Å². The number of hydrogen-bond acceptors (Lipinski definition) is 5. The first-order valence-electron chi connectivity index (χ1n) is 7.93. The predicted octanol–water partition coefficient (Wildman–Crippen LogP) is 2.12. The van der Waals surface area contributed by atoms with Gasteiger partial charge in [-0.05, 0) is 43.5 Å². The Labute approximate surface area is 153 Å². The molecule has 8 heteroatoms. The average Bonchev–Trinajstić information content (AvgIpc) is 2.91. The van der Waals surface area contributed by atoms with Gasteiger partial charge in [-0.1, -0.05) is 12.1 Å². The van der Waals surface area contributed by atoms with Crippen molar-refractivity contribution in [2.75, 3.05) is 5.32 Å². The van der Waals surface area contributed by atoms with Gasteiger partial charge in [0, 0.05) is 5.69 Å². The fourth-order valence-corrected chi connectivity index (χ4v) is 3.71. The second kappa shape index (κ2) is 6.72. The quantitative estimate of drug-likeness (QED) is 0.733. The van der Waals surface area contributed by atoms with Gasteiger partial charge >= 0.3 is 0 Å². The maximum Gasteiger partial charge on any atom is 0.262 e. The van der Waals surface area contributed by atoms with E-state index in [9.17, 15) is 14.4 Å². The lowest BCUT2D eigenvalue weighted by Gasteiger charge is -2.10. The van der Waals surface area contributed by atoms with E-state index in [1.807, 2.05) is 32.0 Å². The second-order valence-corrected chi connectivity index (χ2v) is 7.14. The second-order valence-electron chi connectivity index (χ2n) is 6.14. The van der Waals surface area contributed by atoms with E-state index in [2.05, 4.69) is 10.3 Å². The molecule has 3 aromatic rings. The summed E-state index contributed by atoms with van der Waals surface area (Å²) in [7, 11) is 0. The Balaban J connectivity index is 1.91. The van der Waals surface area contributed by atoms with Crippen molar-refractivity contribution in [2.45, 2.75) is 27.3 Å². The van der Waals surface area contributed by atoms with E-state index in [4.69, 9.17) is 5.73 Å². The van der Waals surface area contributed by atoms with E-state index in [1.54, 1.807) is 6.92 Å². The molecule has 0 fully saturated rings. The SMILES string of the molecule is Cc1ccc(C)c(NC(=O)Cn2cnc3sc(C(N)=O)c(C)c3c2=O)c1. The van der Waals surface area contributed by atoms with Crippen molar-refractivity contribution in [3.05, 3.63) is 56.4 Å². The van der Waals surface area contributed by atoms with E-state index in [-0.39, 0.29) is 18.0 Å². The molecule has 0 aliphatic heterocycles. The summed E-state index contributed by atoms with van der Waals surface area (Å²) in [5, 5.41) is 3.14. The molecule has 0 saturated heterocycles. The van der Waals surface area contributed by atoms with Crippen LogP contribution in [0.4, 0.5) is 5.69 Å². The summed E-state index contributed by atoms with van der Waals surface area (Å²) >= 11 is 1.08. The molecule has 1 aromatic carbocycles. The van der Waals surface area contributed by atoms with Crippen molar-refractivity contribution in [1.82, 2.24) is 9.55 Å². The van der Waals surface area contributed by atoms with Crippen LogP contribution in [-0.4, -0.2) is 21.4 Å². The molecule has 7 nitrogen and oxygen atoms in total. The monoisotopic (exact) mass is 370 g/mol. The molecule has 2 heterocycles. The molecule has 0 spiro atoms. The standard InChI is InChI=1S/C18H18N4O3S/c1-9-4-5-10(2)12(6-9)21-13(23)7-22-8-20-17-14(18(22)25)11(3)15(26-17)16(19)24/h4-6,8H,7H2,1-3H3,(H2,19,24)(H,21,23). The molecule has 0 aliphatic carbocycles. The Morgan fingerprint density at radius 1 is 1.27 bits per heavy atom. The molecule has 2 amide bonds. The third-order valence-corrected chi connectivity index (χ3v) is 5.34. The molecular weight excluding hydrogens is 352 g/mol. The molecule has 3 N–H and O–H groups in total. The number of fused-ring (bicyclic) bond motifs is 1. The van der Waals surface area contributed by atoms with Gasteiger partial charge in [0.2, 0.25) is 5.91 Å². The van der Waals surface area contributed by atoms with Crippen LogP contribution in [0, 0.1) is 20.8 Å². The molecule has 3 rings (SSSR count). The highest BCUT2D eigenvalue weighted by atomic mass is 32.1. The zero-order valence-corrected chi connectivity index (χ0v) is 15.4. The number of carbonyl (C=O) groups excluding carboxylic acids is 2. The molecule has 0 bridgehead atoms. The van der Waals surface area contributed by atoms with Gasteiger partial charge in [0.05, 0.1) is 16.6 Å². The van der Waals surface area contributed by atoms with Crippen molar-refractivity contribution in [3.63, 3.8) is 0 Å². The molecular formula is C18H18N4O3S. The lowest BCUT2D eigenvalue weighted by Crippen LogP contribution is -2.28.